The lowest BCUT2D eigenvalue weighted by Crippen LogP contribution is -2.46. The van der Waals surface area contributed by atoms with Gasteiger partial charge in [-0.25, -0.2) is 8.78 Å². The van der Waals surface area contributed by atoms with Crippen molar-refractivity contribution < 1.29 is 13.6 Å². The van der Waals surface area contributed by atoms with Gasteiger partial charge in [0.25, 0.3) is 5.92 Å². The monoisotopic (exact) mass is 220 g/mol. The Morgan fingerprint density at radius 2 is 2.00 bits per heavy atom. The lowest BCUT2D eigenvalue weighted by molar-refractivity contribution is -0.130. The third-order valence-corrected chi connectivity index (χ3v) is 2.64. The highest BCUT2D eigenvalue weighted by Crippen LogP contribution is 2.14. The maximum Gasteiger partial charge on any atom is 0.257 e. The van der Waals surface area contributed by atoms with E-state index in [1.165, 1.54) is 6.92 Å². The molecular formula is C10H18F2N2O. The van der Waals surface area contributed by atoms with Gasteiger partial charge in [0.2, 0.25) is 5.91 Å². The average Bonchev–Trinajstić information content (AvgIpc) is 2.14. The molecule has 0 spiro atoms. The second-order valence-electron chi connectivity index (χ2n) is 4.23. The highest BCUT2D eigenvalue weighted by Gasteiger charge is 2.25. The Bertz CT molecular complexity index is 220. The van der Waals surface area contributed by atoms with E-state index in [9.17, 15) is 13.6 Å². The number of nitrogens with zero attached hydrogens (tertiary/aromatic N) is 1. The summed E-state index contributed by atoms with van der Waals surface area (Å²) in [5, 5.41) is 2.83. The van der Waals surface area contributed by atoms with E-state index < -0.39 is 5.92 Å². The van der Waals surface area contributed by atoms with Crippen LogP contribution in [0.2, 0.25) is 0 Å². The summed E-state index contributed by atoms with van der Waals surface area (Å²) in [5.74, 6) is -2.59. The number of carbonyl (C=O) groups is 1. The molecule has 0 unspecified atom stereocenters. The van der Waals surface area contributed by atoms with Crippen molar-refractivity contribution in [1.29, 1.82) is 0 Å². The number of halogens is 2. The molecule has 1 fully saturated rings. The Balaban J connectivity index is 2.23. The molecule has 1 amide bonds. The summed E-state index contributed by atoms with van der Waals surface area (Å²) in [6.45, 7) is 3.50. The molecular weight excluding hydrogens is 202 g/mol. The molecule has 1 aliphatic rings. The third-order valence-electron chi connectivity index (χ3n) is 2.64. The van der Waals surface area contributed by atoms with Crippen LogP contribution in [0.25, 0.3) is 0 Å². The zero-order valence-corrected chi connectivity index (χ0v) is 9.22. The summed E-state index contributed by atoms with van der Waals surface area (Å²) in [4.78, 5) is 12.8. The number of alkyl halides is 2. The highest BCUT2D eigenvalue weighted by molar-refractivity contribution is 5.73. The molecule has 0 atom stereocenters. The van der Waals surface area contributed by atoms with Gasteiger partial charge < -0.3 is 10.2 Å². The first-order chi connectivity index (χ1) is 6.88. The smallest absolute Gasteiger partial charge is 0.257 e. The van der Waals surface area contributed by atoms with Gasteiger partial charge in [-0.3, -0.25) is 4.79 Å². The summed E-state index contributed by atoms with van der Waals surface area (Å²) in [6, 6.07) is 0.117. The van der Waals surface area contributed by atoms with Crippen molar-refractivity contribution in [3.63, 3.8) is 0 Å². The predicted molar refractivity (Wildman–Crippen MR) is 53.9 cm³/mol. The van der Waals surface area contributed by atoms with Gasteiger partial charge in [-0.2, -0.15) is 0 Å². The van der Waals surface area contributed by atoms with Crippen LogP contribution in [0.4, 0.5) is 8.78 Å². The molecule has 0 radical (unpaired) electrons. The zero-order chi connectivity index (χ0) is 11.5. The van der Waals surface area contributed by atoms with Crippen molar-refractivity contribution in [3.05, 3.63) is 0 Å². The van der Waals surface area contributed by atoms with Crippen LogP contribution in [0.15, 0.2) is 0 Å². The van der Waals surface area contributed by atoms with Crippen LogP contribution < -0.4 is 5.32 Å². The van der Waals surface area contributed by atoms with E-state index in [0.29, 0.717) is 13.1 Å². The minimum atomic E-state index is -2.66. The fourth-order valence-electron chi connectivity index (χ4n) is 1.72. The van der Waals surface area contributed by atoms with E-state index in [1.807, 2.05) is 0 Å². The molecule has 0 aromatic carbocycles. The van der Waals surface area contributed by atoms with Crippen molar-refractivity contribution in [2.45, 2.75) is 38.7 Å². The fourth-order valence-corrected chi connectivity index (χ4v) is 1.72. The van der Waals surface area contributed by atoms with Gasteiger partial charge in [0.15, 0.2) is 0 Å². The van der Waals surface area contributed by atoms with Crippen LogP contribution in [0.5, 0.6) is 0 Å². The highest BCUT2D eigenvalue weighted by atomic mass is 19.3. The minimum Gasteiger partial charge on any atom is -0.343 e. The van der Waals surface area contributed by atoms with E-state index in [4.69, 9.17) is 0 Å². The third kappa shape index (κ3) is 4.55. The van der Waals surface area contributed by atoms with E-state index in [0.717, 1.165) is 19.8 Å². The van der Waals surface area contributed by atoms with Gasteiger partial charge in [0.05, 0.1) is 6.54 Å². The molecule has 0 bridgehead atoms. The fraction of sp³-hybridized carbons (Fsp3) is 0.900. The molecule has 88 valence electrons. The molecule has 0 aromatic heterocycles. The molecule has 15 heavy (non-hydrogen) atoms. The number of hydrogen-bond acceptors (Lipinski definition) is 2. The Morgan fingerprint density at radius 1 is 1.47 bits per heavy atom. The number of nitrogens with one attached hydrogen (secondary N) is 1. The van der Waals surface area contributed by atoms with Crippen LogP contribution in [0.3, 0.4) is 0 Å². The normalized spacial score (nSPS) is 19.3. The van der Waals surface area contributed by atoms with Crippen molar-refractivity contribution in [3.8, 4) is 0 Å². The molecule has 3 nitrogen and oxygen atoms in total. The number of carbonyl (C=O) groups excluding carboxylic acids is 1. The van der Waals surface area contributed by atoms with Crippen LogP contribution >= 0.6 is 0 Å². The van der Waals surface area contributed by atoms with Crippen molar-refractivity contribution in [2.24, 2.45) is 0 Å². The minimum absolute atomic E-state index is 0.0641. The maximum absolute atomic E-state index is 12.6. The van der Waals surface area contributed by atoms with E-state index >= 15 is 0 Å². The molecule has 1 N–H and O–H groups in total. The number of hydrogen-bond donors (Lipinski definition) is 1. The summed E-state index contributed by atoms with van der Waals surface area (Å²) in [7, 11) is 0. The Labute approximate surface area is 88.8 Å². The molecule has 1 rings (SSSR count). The summed E-state index contributed by atoms with van der Waals surface area (Å²) < 4.78 is 25.1. The number of piperidine rings is 1. The van der Waals surface area contributed by atoms with Crippen LogP contribution in [0.1, 0.15) is 26.7 Å². The van der Waals surface area contributed by atoms with Crippen LogP contribution in [-0.4, -0.2) is 42.4 Å². The van der Waals surface area contributed by atoms with Gasteiger partial charge in [-0.15, -0.1) is 0 Å². The van der Waals surface area contributed by atoms with Crippen LogP contribution in [-0.2, 0) is 4.79 Å². The van der Waals surface area contributed by atoms with E-state index in [2.05, 4.69) is 5.32 Å². The standard InChI is InChI=1S/C10H18F2N2O/c1-8(15)14-5-3-9(4-6-14)13-7-10(2,11)12/h9,13H,3-7H2,1-2H3. The van der Waals surface area contributed by atoms with Crippen molar-refractivity contribution in [2.75, 3.05) is 19.6 Å². The molecule has 0 saturated carbocycles. The molecule has 1 saturated heterocycles. The van der Waals surface area contributed by atoms with E-state index in [-0.39, 0.29) is 18.5 Å². The first-order valence-corrected chi connectivity index (χ1v) is 5.25. The van der Waals surface area contributed by atoms with Crippen molar-refractivity contribution in [1.82, 2.24) is 10.2 Å². The van der Waals surface area contributed by atoms with Gasteiger partial charge >= 0.3 is 0 Å². The molecule has 0 aliphatic carbocycles. The summed E-state index contributed by atoms with van der Waals surface area (Å²) in [5.41, 5.74) is 0. The van der Waals surface area contributed by atoms with E-state index in [1.54, 1.807) is 4.90 Å². The number of amides is 1. The summed E-state index contributed by atoms with van der Waals surface area (Å²) >= 11 is 0. The predicted octanol–water partition coefficient (Wildman–Crippen LogP) is 1.24. The maximum atomic E-state index is 12.6. The van der Waals surface area contributed by atoms with Gasteiger partial charge in [0.1, 0.15) is 0 Å². The lowest BCUT2D eigenvalue weighted by atomic mass is 10.0. The first kappa shape index (κ1) is 12.4. The molecule has 0 aromatic rings. The van der Waals surface area contributed by atoms with Gasteiger partial charge in [-0.05, 0) is 12.8 Å². The Morgan fingerprint density at radius 3 is 2.40 bits per heavy atom. The Hall–Kier alpha value is -0.710. The first-order valence-electron chi connectivity index (χ1n) is 5.25. The molecule has 1 aliphatic heterocycles. The quantitative estimate of drug-likeness (QED) is 0.776. The van der Waals surface area contributed by atoms with Crippen LogP contribution in [0, 0.1) is 0 Å². The average molecular weight is 220 g/mol. The second-order valence-corrected chi connectivity index (χ2v) is 4.23. The van der Waals surface area contributed by atoms with Crippen molar-refractivity contribution >= 4 is 5.91 Å². The molecule has 5 heteroatoms. The van der Waals surface area contributed by atoms with Gasteiger partial charge in [0, 0.05) is 33.0 Å². The number of likely N-dealkylation sites (tertiary alicyclic amines) is 1. The second kappa shape index (κ2) is 4.88. The SMILES string of the molecule is CC(=O)N1CCC(NCC(C)(F)F)CC1. The lowest BCUT2D eigenvalue weighted by Gasteiger charge is -2.32. The summed E-state index contributed by atoms with van der Waals surface area (Å²) in [6.07, 6.45) is 1.52. The zero-order valence-electron chi connectivity index (χ0n) is 9.22. The van der Waals surface area contributed by atoms with Gasteiger partial charge in [-0.1, -0.05) is 0 Å². The number of rotatable bonds is 3. The Kier molecular flexibility index (Phi) is 4.02. The largest absolute Gasteiger partial charge is 0.343 e. The molecule has 1 heterocycles. The topological polar surface area (TPSA) is 32.3 Å².